The predicted molar refractivity (Wildman–Crippen MR) is 113 cm³/mol. The number of likely N-dealkylation sites (tertiary alicyclic amines) is 1. The smallest absolute Gasteiger partial charge is 0.0867 e. The third-order valence-corrected chi connectivity index (χ3v) is 5.57. The van der Waals surface area contributed by atoms with Gasteiger partial charge in [0.2, 0.25) is 0 Å². The van der Waals surface area contributed by atoms with Gasteiger partial charge in [0.15, 0.2) is 0 Å². The molecule has 1 aliphatic rings. The molecule has 2 aromatic rings. The second kappa shape index (κ2) is 10.9. The van der Waals surface area contributed by atoms with Gasteiger partial charge in [-0.05, 0) is 87.7 Å². The Bertz CT molecular complexity index is 705. The van der Waals surface area contributed by atoms with Crippen molar-refractivity contribution >= 4 is 5.71 Å². The van der Waals surface area contributed by atoms with Crippen molar-refractivity contribution in [3.63, 3.8) is 0 Å². The molecule has 0 aromatic heterocycles. The number of rotatable bonds is 10. The van der Waals surface area contributed by atoms with Gasteiger partial charge in [0.25, 0.3) is 0 Å². The maximum absolute atomic E-state index is 9.31. The number of benzene rings is 2. The number of hydrogen-bond donors (Lipinski definition) is 1. The molecule has 0 unspecified atom stereocenters. The van der Waals surface area contributed by atoms with Gasteiger partial charge >= 0.3 is 0 Å². The second-order valence-corrected chi connectivity index (χ2v) is 7.54. The first-order chi connectivity index (χ1) is 13.4. The van der Waals surface area contributed by atoms with E-state index >= 15 is 0 Å². The average Bonchev–Trinajstić information content (AvgIpc) is 3.23. The summed E-state index contributed by atoms with van der Waals surface area (Å²) in [6.07, 6.45) is 9.26. The van der Waals surface area contributed by atoms with Crippen molar-refractivity contribution in [3.8, 4) is 0 Å². The Labute approximate surface area is 163 Å². The van der Waals surface area contributed by atoms with Gasteiger partial charge in [0, 0.05) is 0 Å². The average molecular weight is 365 g/mol. The zero-order valence-corrected chi connectivity index (χ0v) is 16.3. The molecule has 0 saturated carbocycles. The summed E-state index contributed by atoms with van der Waals surface area (Å²) in [5, 5.41) is 12.8. The van der Waals surface area contributed by atoms with Crippen molar-refractivity contribution in [1.29, 1.82) is 0 Å². The number of unbranched alkanes of at least 4 members (excludes halogenated alkanes) is 1. The summed E-state index contributed by atoms with van der Waals surface area (Å²) in [7, 11) is 0. The number of nitrogens with zero attached hydrogens (tertiary/aromatic N) is 2. The fraction of sp³-hybridized carbons (Fsp3) is 0.458. The van der Waals surface area contributed by atoms with Gasteiger partial charge in [-0.3, -0.25) is 0 Å². The van der Waals surface area contributed by atoms with Crippen LogP contribution in [-0.4, -0.2) is 35.5 Å². The van der Waals surface area contributed by atoms with Gasteiger partial charge in [-0.15, -0.1) is 0 Å². The van der Waals surface area contributed by atoms with E-state index in [1.807, 2.05) is 30.3 Å². The van der Waals surface area contributed by atoms with Crippen LogP contribution in [-0.2, 0) is 12.8 Å². The highest BCUT2D eigenvalue weighted by Crippen LogP contribution is 2.17. The molecule has 0 amide bonds. The minimum Gasteiger partial charge on any atom is -0.411 e. The lowest BCUT2D eigenvalue weighted by Gasteiger charge is -2.15. The fourth-order valence-electron chi connectivity index (χ4n) is 4.04. The van der Waals surface area contributed by atoms with E-state index < -0.39 is 0 Å². The van der Waals surface area contributed by atoms with E-state index in [1.165, 1.54) is 56.4 Å². The van der Waals surface area contributed by atoms with Crippen molar-refractivity contribution in [2.24, 2.45) is 5.16 Å². The van der Waals surface area contributed by atoms with Crippen LogP contribution in [0, 0.1) is 0 Å². The topological polar surface area (TPSA) is 35.8 Å². The van der Waals surface area contributed by atoms with Crippen LogP contribution in [0.2, 0.25) is 0 Å². The van der Waals surface area contributed by atoms with Crippen molar-refractivity contribution in [2.75, 3.05) is 19.6 Å². The lowest BCUT2D eigenvalue weighted by molar-refractivity contribution is 0.317. The first kappa shape index (κ1) is 19.6. The van der Waals surface area contributed by atoms with E-state index in [1.54, 1.807) is 0 Å². The van der Waals surface area contributed by atoms with Crippen LogP contribution in [0.3, 0.4) is 0 Å². The number of oxime groups is 1. The molecule has 0 radical (unpaired) electrons. The molecule has 0 bridgehead atoms. The van der Waals surface area contributed by atoms with E-state index in [0.717, 1.165) is 37.0 Å². The molecule has 2 aromatic carbocycles. The van der Waals surface area contributed by atoms with Crippen LogP contribution in [0.4, 0.5) is 0 Å². The Morgan fingerprint density at radius 1 is 0.815 bits per heavy atom. The van der Waals surface area contributed by atoms with E-state index in [2.05, 4.69) is 34.3 Å². The highest BCUT2D eigenvalue weighted by atomic mass is 16.4. The van der Waals surface area contributed by atoms with Gasteiger partial charge in [-0.1, -0.05) is 59.8 Å². The van der Waals surface area contributed by atoms with Gasteiger partial charge in [-0.25, -0.2) is 0 Å². The summed E-state index contributed by atoms with van der Waals surface area (Å²) >= 11 is 0. The molecule has 3 heteroatoms. The van der Waals surface area contributed by atoms with Gasteiger partial charge in [-0.2, -0.15) is 0 Å². The van der Waals surface area contributed by atoms with Crippen molar-refractivity contribution in [2.45, 2.75) is 51.4 Å². The first-order valence-electron chi connectivity index (χ1n) is 10.4. The van der Waals surface area contributed by atoms with Crippen LogP contribution in [0.5, 0.6) is 0 Å². The van der Waals surface area contributed by atoms with Gasteiger partial charge < -0.3 is 10.1 Å². The highest BCUT2D eigenvalue weighted by molar-refractivity contribution is 6.00. The first-order valence-corrected chi connectivity index (χ1v) is 10.4. The van der Waals surface area contributed by atoms with Crippen LogP contribution in [0.15, 0.2) is 59.8 Å². The zero-order chi connectivity index (χ0) is 18.7. The monoisotopic (exact) mass is 364 g/mol. The zero-order valence-electron chi connectivity index (χ0n) is 16.3. The molecule has 1 aliphatic heterocycles. The molecule has 1 fully saturated rings. The van der Waals surface area contributed by atoms with Crippen molar-refractivity contribution in [3.05, 3.63) is 71.3 Å². The maximum Gasteiger partial charge on any atom is 0.0867 e. The largest absolute Gasteiger partial charge is 0.411 e. The molecule has 3 rings (SSSR count). The van der Waals surface area contributed by atoms with Crippen LogP contribution >= 0.6 is 0 Å². The van der Waals surface area contributed by atoms with E-state index in [-0.39, 0.29) is 0 Å². The van der Waals surface area contributed by atoms with E-state index in [9.17, 15) is 5.21 Å². The summed E-state index contributed by atoms with van der Waals surface area (Å²) in [4.78, 5) is 2.60. The molecule has 0 atom stereocenters. The lowest BCUT2D eigenvalue weighted by Crippen LogP contribution is -2.20. The number of hydrogen-bond acceptors (Lipinski definition) is 3. The molecule has 144 valence electrons. The Kier molecular flexibility index (Phi) is 7.91. The molecular formula is C24H32N2O. The molecular weight excluding hydrogens is 332 g/mol. The fourth-order valence-corrected chi connectivity index (χ4v) is 4.04. The normalized spacial score (nSPS) is 15.3. The second-order valence-electron chi connectivity index (χ2n) is 7.54. The molecule has 0 aliphatic carbocycles. The molecule has 27 heavy (non-hydrogen) atoms. The predicted octanol–water partition coefficient (Wildman–Crippen LogP) is 5.31. The highest BCUT2D eigenvalue weighted by Gasteiger charge is 2.11. The van der Waals surface area contributed by atoms with Crippen LogP contribution < -0.4 is 0 Å². The Hall–Kier alpha value is -2.13. The van der Waals surface area contributed by atoms with Gasteiger partial charge in [0.1, 0.15) is 0 Å². The quantitative estimate of drug-likeness (QED) is 0.268. The number of aryl methyl sites for hydroxylation is 2. The Balaban J connectivity index is 1.43. The van der Waals surface area contributed by atoms with Gasteiger partial charge in [0.05, 0.1) is 5.71 Å². The van der Waals surface area contributed by atoms with Crippen LogP contribution in [0.25, 0.3) is 0 Å². The summed E-state index contributed by atoms with van der Waals surface area (Å²) < 4.78 is 0. The molecule has 1 heterocycles. The SMILES string of the molecule is ON=C(CCCCc1ccccc1CCCN1CCCC1)c1ccccc1. The minimum atomic E-state index is 0.787. The summed E-state index contributed by atoms with van der Waals surface area (Å²) in [5.41, 5.74) is 4.80. The third-order valence-electron chi connectivity index (χ3n) is 5.57. The maximum atomic E-state index is 9.31. The molecule has 3 nitrogen and oxygen atoms in total. The van der Waals surface area contributed by atoms with Crippen LogP contribution in [0.1, 0.15) is 55.2 Å². The minimum absolute atomic E-state index is 0.787. The Morgan fingerprint density at radius 2 is 1.44 bits per heavy atom. The summed E-state index contributed by atoms with van der Waals surface area (Å²) in [6, 6.07) is 18.9. The molecule has 1 N–H and O–H groups in total. The molecule has 0 spiro atoms. The van der Waals surface area contributed by atoms with Crippen molar-refractivity contribution in [1.82, 2.24) is 4.90 Å². The third kappa shape index (κ3) is 6.21. The lowest BCUT2D eigenvalue weighted by atomic mass is 9.97. The van der Waals surface area contributed by atoms with E-state index in [0.29, 0.717) is 0 Å². The van der Waals surface area contributed by atoms with E-state index in [4.69, 9.17) is 0 Å². The molecule has 1 saturated heterocycles. The van der Waals surface area contributed by atoms with Crippen molar-refractivity contribution < 1.29 is 5.21 Å². The Morgan fingerprint density at radius 3 is 2.11 bits per heavy atom. The summed E-state index contributed by atoms with van der Waals surface area (Å²) in [6.45, 7) is 3.82. The standard InChI is InChI=1S/C24H32N2O/c27-25-24(23-14-2-1-3-15-23)17-7-6-13-21-11-4-5-12-22(21)16-10-20-26-18-8-9-19-26/h1-5,11-12,14-15,27H,6-10,13,16-20H2. The summed E-state index contributed by atoms with van der Waals surface area (Å²) in [5.74, 6) is 0.